The third-order valence-electron chi connectivity index (χ3n) is 5.18. The summed E-state index contributed by atoms with van der Waals surface area (Å²) in [6.07, 6.45) is 2.64. The Bertz CT molecular complexity index is 1010. The van der Waals surface area contributed by atoms with Gasteiger partial charge in [-0.25, -0.2) is 5.01 Å². The van der Waals surface area contributed by atoms with Gasteiger partial charge in [-0.2, -0.15) is 5.10 Å². The van der Waals surface area contributed by atoms with Crippen LogP contribution in [0.1, 0.15) is 42.1 Å². The maximum Gasteiger partial charge on any atom is 0.243 e. The molecule has 0 saturated heterocycles. The highest BCUT2D eigenvalue weighted by Gasteiger charge is 2.23. The van der Waals surface area contributed by atoms with Gasteiger partial charge in [0.15, 0.2) is 0 Å². The second kappa shape index (κ2) is 9.80. The topological polar surface area (TPSA) is 74.7 Å². The third kappa shape index (κ3) is 5.22. The minimum absolute atomic E-state index is 0.0989. The fraction of sp³-hybridized carbons (Fsp3) is 0.200. The first-order chi connectivity index (χ1) is 15.2. The van der Waals surface area contributed by atoms with Gasteiger partial charge in [-0.15, -0.1) is 0 Å². The zero-order chi connectivity index (χ0) is 21.5. The Labute approximate surface area is 181 Å². The number of hydrogen-bond acceptors (Lipinski definition) is 4. The summed E-state index contributed by atoms with van der Waals surface area (Å²) >= 11 is 0. The van der Waals surface area contributed by atoms with E-state index in [1.807, 2.05) is 78.9 Å². The van der Waals surface area contributed by atoms with Crippen LogP contribution in [0.4, 0.5) is 0 Å². The normalized spacial score (nSPS) is 14.1. The number of hydrazone groups is 1. The second-order valence-corrected chi connectivity index (χ2v) is 7.35. The van der Waals surface area contributed by atoms with Crippen molar-refractivity contribution in [3.05, 3.63) is 102 Å². The maximum absolute atomic E-state index is 12.7. The lowest BCUT2D eigenvalue weighted by atomic mass is 10.0. The number of aromatic nitrogens is 1. The second-order valence-electron chi connectivity index (χ2n) is 7.35. The first-order valence-corrected chi connectivity index (χ1v) is 10.4. The molecule has 2 heterocycles. The van der Waals surface area contributed by atoms with Crippen LogP contribution in [-0.2, 0) is 9.59 Å². The Balaban J connectivity index is 1.37. The van der Waals surface area contributed by atoms with Gasteiger partial charge in [-0.05, 0) is 23.3 Å². The highest BCUT2D eigenvalue weighted by molar-refractivity contribution is 6.02. The van der Waals surface area contributed by atoms with E-state index in [0.717, 1.165) is 29.0 Å². The maximum atomic E-state index is 12.7. The molecule has 0 spiro atoms. The molecule has 6 heteroatoms. The van der Waals surface area contributed by atoms with Crippen LogP contribution in [-0.4, -0.2) is 34.1 Å². The van der Waals surface area contributed by atoms with Crippen LogP contribution >= 0.6 is 0 Å². The Hall–Kier alpha value is -3.80. The van der Waals surface area contributed by atoms with Crippen molar-refractivity contribution >= 4 is 17.5 Å². The lowest BCUT2D eigenvalue weighted by molar-refractivity contribution is -0.133. The molecular weight excluding hydrogens is 388 g/mol. The van der Waals surface area contributed by atoms with Gasteiger partial charge < -0.3 is 5.32 Å². The number of amides is 2. The monoisotopic (exact) mass is 412 g/mol. The highest BCUT2D eigenvalue weighted by Crippen LogP contribution is 2.20. The van der Waals surface area contributed by atoms with Crippen LogP contribution in [0.25, 0.3) is 0 Å². The van der Waals surface area contributed by atoms with Crippen molar-refractivity contribution < 1.29 is 9.59 Å². The van der Waals surface area contributed by atoms with Gasteiger partial charge in [0.25, 0.3) is 0 Å². The fourth-order valence-corrected chi connectivity index (χ4v) is 3.57. The lowest BCUT2D eigenvalue weighted by Crippen LogP contribution is -2.31. The van der Waals surface area contributed by atoms with Gasteiger partial charge in [0, 0.05) is 25.5 Å². The number of benzene rings is 2. The quantitative estimate of drug-likeness (QED) is 0.643. The molecule has 0 aliphatic carbocycles. The molecule has 31 heavy (non-hydrogen) atoms. The third-order valence-corrected chi connectivity index (χ3v) is 5.18. The van der Waals surface area contributed by atoms with Crippen molar-refractivity contribution in [2.75, 3.05) is 6.54 Å². The van der Waals surface area contributed by atoms with Crippen molar-refractivity contribution in [2.45, 2.75) is 25.3 Å². The van der Waals surface area contributed by atoms with Crippen molar-refractivity contribution in [1.29, 1.82) is 0 Å². The van der Waals surface area contributed by atoms with E-state index < -0.39 is 0 Å². The van der Waals surface area contributed by atoms with Gasteiger partial charge in [-0.1, -0.05) is 66.7 Å². The first-order valence-electron chi connectivity index (χ1n) is 10.4. The van der Waals surface area contributed by atoms with E-state index >= 15 is 0 Å². The van der Waals surface area contributed by atoms with Crippen LogP contribution in [0.5, 0.6) is 0 Å². The average Bonchev–Trinajstić information content (AvgIpc) is 3.33. The number of nitrogens with zero attached hydrogens (tertiary/aromatic N) is 3. The molecule has 2 amide bonds. The number of nitrogens with one attached hydrogen (secondary N) is 1. The number of hydrogen-bond donors (Lipinski definition) is 1. The van der Waals surface area contributed by atoms with Gasteiger partial charge >= 0.3 is 0 Å². The summed E-state index contributed by atoms with van der Waals surface area (Å²) in [5, 5.41) is 8.95. The first kappa shape index (κ1) is 20.5. The largest absolute Gasteiger partial charge is 0.344 e. The molecule has 1 N–H and O–H groups in total. The van der Waals surface area contributed by atoms with E-state index in [1.54, 1.807) is 6.20 Å². The zero-order valence-electron chi connectivity index (χ0n) is 17.1. The average molecular weight is 412 g/mol. The van der Waals surface area contributed by atoms with Gasteiger partial charge in [0.1, 0.15) is 0 Å². The summed E-state index contributed by atoms with van der Waals surface area (Å²) in [5.74, 6) is -0.338. The van der Waals surface area contributed by atoms with Crippen LogP contribution in [0.2, 0.25) is 0 Å². The molecule has 0 saturated carbocycles. The van der Waals surface area contributed by atoms with E-state index in [-0.39, 0.29) is 30.7 Å². The highest BCUT2D eigenvalue weighted by atomic mass is 16.2. The van der Waals surface area contributed by atoms with Crippen molar-refractivity contribution in [2.24, 2.45) is 5.10 Å². The molecule has 0 radical (unpaired) electrons. The molecule has 0 bridgehead atoms. The Morgan fingerprint density at radius 1 is 0.903 bits per heavy atom. The minimum atomic E-state index is -0.362. The van der Waals surface area contributed by atoms with Crippen molar-refractivity contribution in [3.63, 3.8) is 0 Å². The molecule has 156 valence electrons. The van der Waals surface area contributed by atoms with Crippen LogP contribution < -0.4 is 5.32 Å². The Morgan fingerprint density at radius 2 is 1.61 bits per heavy atom. The van der Waals surface area contributed by atoms with E-state index in [2.05, 4.69) is 15.4 Å². The number of carbonyl (C=O) groups excluding carboxylic acids is 2. The summed E-state index contributed by atoms with van der Waals surface area (Å²) < 4.78 is 0. The van der Waals surface area contributed by atoms with E-state index in [4.69, 9.17) is 0 Å². The fourth-order valence-electron chi connectivity index (χ4n) is 3.57. The van der Waals surface area contributed by atoms with Crippen LogP contribution in [0.3, 0.4) is 0 Å². The summed E-state index contributed by atoms with van der Waals surface area (Å²) in [5.41, 5.74) is 3.62. The molecule has 0 fully saturated rings. The predicted molar refractivity (Wildman–Crippen MR) is 119 cm³/mol. The van der Waals surface area contributed by atoms with Gasteiger partial charge in [0.05, 0.1) is 24.0 Å². The molecule has 1 aliphatic rings. The SMILES string of the molecule is O=C(CCC(=O)N1CCC(c2ccccc2)=N1)NC(c1ccccc1)c1ccccn1. The lowest BCUT2D eigenvalue weighted by Gasteiger charge is -2.19. The Kier molecular flexibility index (Phi) is 6.47. The standard InChI is InChI=1S/C25H24N4O2/c30-23(27-25(20-11-5-2-6-12-20)22-13-7-8-17-26-22)14-15-24(31)29-18-16-21(28-29)19-9-3-1-4-10-19/h1-13,17,25H,14-16,18H2,(H,27,30). The molecule has 6 nitrogen and oxygen atoms in total. The zero-order valence-corrected chi connectivity index (χ0v) is 17.1. The molecule has 1 aliphatic heterocycles. The number of rotatable bonds is 7. The molecular formula is C25H24N4O2. The van der Waals surface area contributed by atoms with E-state index in [0.29, 0.717) is 6.54 Å². The number of carbonyl (C=O) groups is 2. The van der Waals surface area contributed by atoms with E-state index in [1.165, 1.54) is 5.01 Å². The number of pyridine rings is 1. The summed E-state index contributed by atoms with van der Waals surface area (Å²) in [7, 11) is 0. The summed E-state index contributed by atoms with van der Waals surface area (Å²) in [6.45, 7) is 0.547. The molecule has 1 atom stereocenters. The van der Waals surface area contributed by atoms with Crippen molar-refractivity contribution in [3.8, 4) is 0 Å². The molecule has 1 aromatic heterocycles. The minimum Gasteiger partial charge on any atom is -0.344 e. The van der Waals surface area contributed by atoms with Gasteiger partial charge in [0.2, 0.25) is 11.8 Å². The van der Waals surface area contributed by atoms with Crippen molar-refractivity contribution in [1.82, 2.24) is 15.3 Å². The van der Waals surface area contributed by atoms with Gasteiger partial charge in [-0.3, -0.25) is 14.6 Å². The molecule has 1 unspecified atom stereocenters. The van der Waals surface area contributed by atoms with Crippen LogP contribution in [0, 0.1) is 0 Å². The smallest absolute Gasteiger partial charge is 0.243 e. The molecule has 3 aromatic rings. The van der Waals surface area contributed by atoms with E-state index in [9.17, 15) is 9.59 Å². The molecule has 2 aromatic carbocycles. The Morgan fingerprint density at radius 3 is 2.32 bits per heavy atom. The molecule has 4 rings (SSSR count). The summed E-state index contributed by atoms with van der Waals surface area (Å²) in [4.78, 5) is 29.6. The predicted octanol–water partition coefficient (Wildman–Crippen LogP) is 3.70. The van der Waals surface area contributed by atoms with Crippen LogP contribution in [0.15, 0.2) is 90.2 Å². The summed E-state index contributed by atoms with van der Waals surface area (Å²) in [6, 6.07) is 24.8.